The van der Waals surface area contributed by atoms with E-state index in [0.717, 1.165) is 19.5 Å². The number of rotatable bonds is 7. The summed E-state index contributed by atoms with van der Waals surface area (Å²) in [5.41, 5.74) is 0.587. The highest BCUT2D eigenvalue weighted by Gasteiger charge is 2.26. The molecule has 1 heterocycles. The normalized spacial score (nSPS) is 16.2. The number of carboxylic acids is 1. The predicted molar refractivity (Wildman–Crippen MR) is 103 cm³/mol. The monoisotopic (exact) mass is 368 g/mol. The van der Waals surface area contributed by atoms with Crippen molar-refractivity contribution in [3.63, 3.8) is 0 Å². The Morgan fingerprint density at radius 2 is 1.81 bits per heavy atom. The Balaban J connectivity index is 1.82. The van der Waals surface area contributed by atoms with E-state index in [0.29, 0.717) is 23.1 Å². The second-order valence-electron chi connectivity index (χ2n) is 6.87. The van der Waals surface area contributed by atoms with Gasteiger partial charge in [0, 0.05) is 13.1 Å². The molecule has 0 saturated carbocycles. The van der Waals surface area contributed by atoms with E-state index < -0.39 is 5.97 Å². The minimum absolute atomic E-state index is 0.00812. The summed E-state index contributed by atoms with van der Waals surface area (Å²) in [6, 6.07) is 16.5. The third-order valence-corrected chi connectivity index (χ3v) is 4.61. The van der Waals surface area contributed by atoms with Crippen LogP contribution >= 0.6 is 0 Å². The lowest BCUT2D eigenvalue weighted by Gasteiger charge is -2.27. The average Bonchev–Trinajstić information content (AvgIpc) is 3.09. The van der Waals surface area contributed by atoms with Crippen LogP contribution in [0.4, 0.5) is 5.69 Å². The van der Waals surface area contributed by atoms with Gasteiger partial charge >= 0.3 is 5.97 Å². The van der Waals surface area contributed by atoms with E-state index in [2.05, 4.69) is 6.92 Å². The van der Waals surface area contributed by atoms with Gasteiger partial charge in [-0.05, 0) is 36.6 Å². The number of ether oxygens (including phenoxy) is 1. The van der Waals surface area contributed by atoms with Crippen LogP contribution in [0.2, 0.25) is 0 Å². The van der Waals surface area contributed by atoms with Gasteiger partial charge in [-0.2, -0.15) is 0 Å². The zero-order valence-corrected chi connectivity index (χ0v) is 15.4. The molecule has 1 fully saturated rings. The number of amides is 1. The second-order valence-corrected chi connectivity index (χ2v) is 6.87. The Morgan fingerprint density at radius 3 is 2.48 bits per heavy atom. The number of anilines is 1. The number of para-hydroxylation sites is 3. The Hall–Kier alpha value is -3.02. The van der Waals surface area contributed by atoms with Crippen molar-refractivity contribution >= 4 is 17.6 Å². The highest BCUT2D eigenvalue weighted by atomic mass is 16.5. The molecule has 142 valence electrons. The molecule has 1 N–H and O–H groups in total. The summed E-state index contributed by atoms with van der Waals surface area (Å²) in [6.07, 6.45) is 0.984. The van der Waals surface area contributed by atoms with Gasteiger partial charge in [0.05, 0.1) is 12.2 Å². The maximum atomic E-state index is 12.7. The fourth-order valence-corrected chi connectivity index (χ4v) is 3.23. The molecule has 6 nitrogen and oxygen atoms in total. The number of carbonyl (C=O) groups is 2. The Labute approximate surface area is 159 Å². The smallest absolute Gasteiger partial charge is 0.323 e. The van der Waals surface area contributed by atoms with Crippen molar-refractivity contribution in [2.45, 2.75) is 13.3 Å². The first kappa shape index (κ1) is 18.8. The Morgan fingerprint density at radius 1 is 1.11 bits per heavy atom. The van der Waals surface area contributed by atoms with Crippen LogP contribution in [0.1, 0.15) is 13.3 Å². The molecule has 0 spiro atoms. The van der Waals surface area contributed by atoms with Crippen molar-refractivity contribution in [1.29, 1.82) is 0 Å². The van der Waals surface area contributed by atoms with Crippen molar-refractivity contribution in [3.8, 4) is 11.5 Å². The number of hydrogen-bond acceptors (Lipinski definition) is 4. The molecule has 27 heavy (non-hydrogen) atoms. The molecule has 2 aromatic rings. The quantitative estimate of drug-likeness (QED) is 0.812. The average molecular weight is 368 g/mol. The summed E-state index contributed by atoms with van der Waals surface area (Å²) in [5, 5.41) is 9.34. The van der Waals surface area contributed by atoms with Gasteiger partial charge in [-0.15, -0.1) is 0 Å². The number of hydrogen-bond donors (Lipinski definition) is 1. The maximum absolute atomic E-state index is 12.7. The van der Waals surface area contributed by atoms with E-state index >= 15 is 0 Å². The summed E-state index contributed by atoms with van der Waals surface area (Å²) < 4.78 is 5.94. The van der Waals surface area contributed by atoms with Crippen molar-refractivity contribution in [2.75, 3.05) is 31.1 Å². The topological polar surface area (TPSA) is 70.1 Å². The van der Waals surface area contributed by atoms with Gasteiger partial charge < -0.3 is 19.6 Å². The number of nitrogens with zero attached hydrogens (tertiary/aromatic N) is 2. The van der Waals surface area contributed by atoms with E-state index in [1.165, 1.54) is 0 Å². The van der Waals surface area contributed by atoms with Crippen LogP contribution in [-0.2, 0) is 9.59 Å². The predicted octanol–water partition coefficient (Wildman–Crippen LogP) is 3.24. The summed E-state index contributed by atoms with van der Waals surface area (Å²) in [4.78, 5) is 27.4. The molecule has 1 unspecified atom stereocenters. The van der Waals surface area contributed by atoms with Gasteiger partial charge in [0.2, 0.25) is 5.91 Å². The zero-order chi connectivity index (χ0) is 19.2. The molecule has 0 aliphatic carbocycles. The van der Waals surface area contributed by atoms with E-state index in [-0.39, 0.29) is 19.0 Å². The van der Waals surface area contributed by atoms with E-state index in [1.807, 2.05) is 42.5 Å². The summed E-state index contributed by atoms with van der Waals surface area (Å²) >= 11 is 0. The number of carboxylic acid groups (broad SMARTS) is 1. The molecule has 0 aromatic heterocycles. The molecule has 0 bridgehead atoms. The first-order valence-corrected chi connectivity index (χ1v) is 9.09. The SMILES string of the molecule is CC1CCN(C(=O)CN(CC(=O)O)c2ccccc2Oc2ccccc2)C1. The molecule has 1 aliphatic rings. The summed E-state index contributed by atoms with van der Waals surface area (Å²) in [7, 11) is 0. The molecule has 1 saturated heterocycles. The molecule has 1 atom stereocenters. The molecule has 6 heteroatoms. The van der Waals surface area contributed by atoms with Crippen molar-refractivity contribution < 1.29 is 19.4 Å². The van der Waals surface area contributed by atoms with E-state index in [9.17, 15) is 14.7 Å². The van der Waals surface area contributed by atoms with Crippen LogP contribution in [0.15, 0.2) is 54.6 Å². The fourth-order valence-electron chi connectivity index (χ4n) is 3.23. The highest BCUT2D eigenvalue weighted by Crippen LogP contribution is 2.32. The second kappa shape index (κ2) is 8.58. The first-order chi connectivity index (χ1) is 13.0. The molecular formula is C21H24N2O4. The van der Waals surface area contributed by atoms with Crippen LogP contribution in [0, 0.1) is 5.92 Å². The largest absolute Gasteiger partial charge is 0.480 e. The molecule has 1 aliphatic heterocycles. The van der Waals surface area contributed by atoms with Crippen LogP contribution in [0.5, 0.6) is 11.5 Å². The van der Waals surface area contributed by atoms with Gasteiger partial charge in [-0.1, -0.05) is 37.3 Å². The summed E-state index contributed by atoms with van der Waals surface area (Å²) in [6.45, 7) is 3.30. The van der Waals surface area contributed by atoms with Crippen LogP contribution in [0.3, 0.4) is 0 Å². The number of aliphatic carboxylic acids is 1. The van der Waals surface area contributed by atoms with Crippen molar-refractivity contribution in [3.05, 3.63) is 54.6 Å². The van der Waals surface area contributed by atoms with Gasteiger partial charge in [0.15, 0.2) is 5.75 Å². The van der Waals surface area contributed by atoms with Crippen LogP contribution in [-0.4, -0.2) is 48.1 Å². The lowest BCUT2D eigenvalue weighted by molar-refractivity contribution is -0.135. The molecule has 1 amide bonds. The van der Waals surface area contributed by atoms with Gasteiger partial charge in [-0.25, -0.2) is 0 Å². The first-order valence-electron chi connectivity index (χ1n) is 9.09. The minimum Gasteiger partial charge on any atom is -0.480 e. The lowest BCUT2D eigenvalue weighted by atomic mass is 10.2. The van der Waals surface area contributed by atoms with Gasteiger partial charge in [-0.3, -0.25) is 9.59 Å². The zero-order valence-electron chi connectivity index (χ0n) is 15.4. The van der Waals surface area contributed by atoms with E-state index in [1.54, 1.807) is 21.9 Å². The Bertz CT molecular complexity index is 794. The fraction of sp³-hybridized carbons (Fsp3) is 0.333. The lowest BCUT2D eigenvalue weighted by Crippen LogP contribution is -2.41. The molecule has 3 rings (SSSR count). The van der Waals surface area contributed by atoms with Crippen LogP contribution < -0.4 is 9.64 Å². The molecule has 2 aromatic carbocycles. The number of carbonyl (C=O) groups excluding carboxylic acids is 1. The highest BCUT2D eigenvalue weighted by molar-refractivity contribution is 5.85. The summed E-state index contributed by atoms with van der Waals surface area (Å²) in [5.74, 6) is 0.602. The number of likely N-dealkylation sites (tertiary alicyclic amines) is 1. The van der Waals surface area contributed by atoms with Crippen molar-refractivity contribution in [2.24, 2.45) is 5.92 Å². The molecular weight excluding hydrogens is 344 g/mol. The third kappa shape index (κ3) is 5.00. The standard InChI is InChI=1S/C21H24N2O4/c1-16-11-12-22(13-16)20(24)14-23(15-21(25)26)18-9-5-6-10-19(18)27-17-7-3-2-4-8-17/h2-10,16H,11-15H2,1H3,(H,25,26). The van der Waals surface area contributed by atoms with Crippen molar-refractivity contribution in [1.82, 2.24) is 4.90 Å². The number of benzene rings is 2. The Kier molecular flexibility index (Phi) is 5.96. The third-order valence-electron chi connectivity index (χ3n) is 4.61. The minimum atomic E-state index is -0.993. The van der Waals surface area contributed by atoms with E-state index in [4.69, 9.17) is 4.74 Å². The van der Waals surface area contributed by atoms with Gasteiger partial charge in [0.1, 0.15) is 12.3 Å². The molecule has 0 radical (unpaired) electrons. The van der Waals surface area contributed by atoms with Crippen LogP contribution in [0.25, 0.3) is 0 Å². The maximum Gasteiger partial charge on any atom is 0.323 e. The van der Waals surface area contributed by atoms with Gasteiger partial charge in [0.25, 0.3) is 0 Å².